The third kappa shape index (κ3) is 14.1. The Kier molecular flexibility index (Phi) is 13.9. The van der Waals surface area contributed by atoms with Crippen LogP contribution in [0, 0.1) is 0 Å². The maximum Gasteiger partial charge on any atom is 0.320 e. The summed E-state index contributed by atoms with van der Waals surface area (Å²) >= 11 is 0. The topological polar surface area (TPSA) is 253 Å². The van der Waals surface area contributed by atoms with Gasteiger partial charge in [-0.1, -0.05) is 0 Å². The molecule has 0 radical (unpaired) electrons. The normalized spacial score (nSPS) is 14.9. The molecule has 0 saturated carbocycles. The van der Waals surface area contributed by atoms with Gasteiger partial charge in [0.25, 0.3) is 0 Å². The Morgan fingerprint density at radius 3 is 0.769 bits per heavy atom. The zero-order valence-corrected chi connectivity index (χ0v) is 14.3. The van der Waals surface area contributed by atoms with Gasteiger partial charge in [-0.2, -0.15) is 0 Å². The van der Waals surface area contributed by atoms with Crippen molar-refractivity contribution in [2.45, 2.75) is 62.7 Å². The molecule has 0 amide bonds. The van der Waals surface area contributed by atoms with E-state index in [9.17, 15) is 19.2 Å². The van der Waals surface area contributed by atoms with Crippen molar-refractivity contribution in [2.75, 3.05) is 0 Å². The van der Waals surface area contributed by atoms with E-state index in [0.717, 1.165) is 0 Å². The van der Waals surface area contributed by atoms with Crippen LogP contribution in [0.25, 0.3) is 0 Å². The summed E-state index contributed by atoms with van der Waals surface area (Å²) in [5.41, 5.74) is 20.8. The molecule has 0 aromatic carbocycles. The van der Waals surface area contributed by atoms with E-state index in [0.29, 0.717) is 12.8 Å². The third-order valence-corrected chi connectivity index (χ3v) is 3.33. The van der Waals surface area contributed by atoms with Gasteiger partial charge in [0.05, 0.1) is 0 Å². The molecular formula is C14H28N4O8. The molecule has 0 fully saturated rings. The summed E-state index contributed by atoms with van der Waals surface area (Å²) in [6, 6.07) is -3.72. The van der Waals surface area contributed by atoms with Crippen LogP contribution in [0.2, 0.25) is 0 Å². The van der Waals surface area contributed by atoms with E-state index in [1.165, 1.54) is 0 Å². The van der Waals surface area contributed by atoms with Crippen LogP contribution in [0.15, 0.2) is 0 Å². The zero-order chi connectivity index (χ0) is 20.9. The number of hydrogen-bond acceptors (Lipinski definition) is 8. The van der Waals surface area contributed by atoms with Crippen molar-refractivity contribution >= 4 is 23.9 Å². The lowest BCUT2D eigenvalue weighted by Crippen LogP contribution is -2.33. The molecule has 0 heterocycles. The van der Waals surface area contributed by atoms with Gasteiger partial charge in [-0.3, -0.25) is 19.2 Å². The van der Waals surface area contributed by atoms with Crippen molar-refractivity contribution in [3.8, 4) is 0 Å². The van der Waals surface area contributed by atoms with Crippen LogP contribution in [0.3, 0.4) is 0 Å². The zero-order valence-electron chi connectivity index (χ0n) is 14.3. The van der Waals surface area contributed by atoms with Gasteiger partial charge in [0.2, 0.25) is 0 Å². The lowest BCUT2D eigenvalue weighted by molar-refractivity contribution is -0.140. The second-order valence-corrected chi connectivity index (χ2v) is 5.64. The first-order valence-electron chi connectivity index (χ1n) is 7.83. The van der Waals surface area contributed by atoms with E-state index < -0.39 is 48.0 Å². The minimum absolute atomic E-state index is 0.246. The standard InChI is InChI=1S/2C7H14N2O4/c2*8-4(6(10)11)2-1-3-5(9)7(12)13/h2*4-5H,1-3,8-9H2,(H,10,11)(H,12,13)/t4-,5+;. The Hall–Kier alpha value is -2.28. The Morgan fingerprint density at radius 1 is 0.500 bits per heavy atom. The lowest BCUT2D eigenvalue weighted by atomic mass is 10.1. The Balaban J connectivity index is 0. The highest BCUT2D eigenvalue weighted by Gasteiger charge is 2.15. The van der Waals surface area contributed by atoms with Crippen LogP contribution in [0.1, 0.15) is 38.5 Å². The third-order valence-electron chi connectivity index (χ3n) is 3.33. The molecule has 0 bridgehead atoms. The minimum atomic E-state index is -1.08. The number of aliphatic carboxylic acids is 4. The van der Waals surface area contributed by atoms with E-state index in [1.54, 1.807) is 0 Å². The van der Waals surface area contributed by atoms with Crippen LogP contribution < -0.4 is 22.9 Å². The molecule has 0 aromatic rings. The predicted octanol–water partition coefficient (Wildman–Crippen LogP) is -2.04. The highest BCUT2D eigenvalue weighted by Crippen LogP contribution is 2.02. The molecule has 0 rings (SSSR count). The van der Waals surface area contributed by atoms with Crippen LogP contribution in [0.5, 0.6) is 0 Å². The average molecular weight is 380 g/mol. The first kappa shape index (κ1) is 26.0. The van der Waals surface area contributed by atoms with Crippen LogP contribution >= 0.6 is 0 Å². The Morgan fingerprint density at radius 2 is 0.654 bits per heavy atom. The molecule has 12 nitrogen and oxygen atoms in total. The van der Waals surface area contributed by atoms with E-state index >= 15 is 0 Å². The molecule has 0 aliphatic carbocycles. The number of carboxylic acids is 4. The number of carboxylic acid groups (broad SMARTS) is 4. The number of hydrogen-bond donors (Lipinski definition) is 8. The first-order valence-corrected chi connectivity index (χ1v) is 7.83. The highest BCUT2D eigenvalue weighted by atomic mass is 16.4. The maximum absolute atomic E-state index is 10.2. The second kappa shape index (κ2) is 13.9. The summed E-state index contributed by atoms with van der Waals surface area (Å²) in [5.74, 6) is -4.32. The molecule has 0 spiro atoms. The van der Waals surface area contributed by atoms with Gasteiger partial charge in [-0.05, 0) is 38.5 Å². The Labute approximate surface area is 150 Å². The molecule has 0 saturated heterocycles. The van der Waals surface area contributed by atoms with Gasteiger partial charge in [0.1, 0.15) is 24.2 Å². The number of carbonyl (C=O) groups is 4. The number of rotatable bonds is 12. The molecule has 0 aromatic heterocycles. The molecule has 26 heavy (non-hydrogen) atoms. The maximum atomic E-state index is 10.2. The smallest absolute Gasteiger partial charge is 0.320 e. The first-order chi connectivity index (χ1) is 11.9. The second-order valence-electron chi connectivity index (χ2n) is 5.64. The quantitative estimate of drug-likeness (QED) is 0.182. The molecule has 152 valence electrons. The van der Waals surface area contributed by atoms with Crippen LogP contribution in [-0.4, -0.2) is 68.5 Å². The number of nitrogens with two attached hydrogens (primary N) is 4. The summed E-state index contributed by atoms with van der Waals surface area (Å²) in [7, 11) is 0. The minimum Gasteiger partial charge on any atom is -0.480 e. The van der Waals surface area contributed by atoms with Crippen molar-refractivity contribution in [1.29, 1.82) is 0 Å². The Bertz CT molecular complexity index is 392. The van der Waals surface area contributed by atoms with E-state index in [2.05, 4.69) is 0 Å². The fourth-order valence-electron chi connectivity index (χ4n) is 1.61. The summed E-state index contributed by atoms with van der Waals surface area (Å²) < 4.78 is 0. The van der Waals surface area contributed by atoms with E-state index in [1.807, 2.05) is 0 Å². The lowest BCUT2D eigenvalue weighted by Gasteiger charge is -2.07. The summed E-state index contributed by atoms with van der Waals surface area (Å²) in [6.07, 6.45) is 1.79. The summed E-state index contributed by atoms with van der Waals surface area (Å²) in [4.78, 5) is 40.9. The highest BCUT2D eigenvalue weighted by molar-refractivity contribution is 5.74. The van der Waals surface area contributed by atoms with Crippen molar-refractivity contribution in [2.24, 2.45) is 22.9 Å². The van der Waals surface area contributed by atoms with Gasteiger partial charge < -0.3 is 43.4 Å². The SMILES string of the molecule is NC(CCCC(N)C(=O)O)C(=O)O.N[C@H](CCC[C@H](N)C(=O)O)C(=O)O. The monoisotopic (exact) mass is 380 g/mol. The van der Waals surface area contributed by atoms with Crippen molar-refractivity contribution < 1.29 is 39.6 Å². The molecule has 2 unspecified atom stereocenters. The van der Waals surface area contributed by atoms with Crippen molar-refractivity contribution in [3.63, 3.8) is 0 Å². The van der Waals surface area contributed by atoms with Gasteiger partial charge >= 0.3 is 23.9 Å². The average Bonchev–Trinajstić information content (AvgIpc) is 2.54. The van der Waals surface area contributed by atoms with E-state index in [-0.39, 0.29) is 25.7 Å². The molecule has 0 aliphatic rings. The van der Waals surface area contributed by atoms with Crippen molar-refractivity contribution in [1.82, 2.24) is 0 Å². The van der Waals surface area contributed by atoms with E-state index in [4.69, 9.17) is 43.4 Å². The van der Waals surface area contributed by atoms with Crippen molar-refractivity contribution in [3.05, 3.63) is 0 Å². The van der Waals surface area contributed by atoms with Gasteiger partial charge in [-0.15, -0.1) is 0 Å². The molecule has 0 aliphatic heterocycles. The van der Waals surface area contributed by atoms with Gasteiger partial charge in [0.15, 0.2) is 0 Å². The summed E-state index contributed by atoms with van der Waals surface area (Å²) in [5, 5.41) is 33.5. The fourth-order valence-corrected chi connectivity index (χ4v) is 1.61. The molecule has 4 atom stereocenters. The van der Waals surface area contributed by atoms with Crippen LogP contribution in [-0.2, 0) is 19.2 Å². The molecule has 12 N–H and O–H groups in total. The largest absolute Gasteiger partial charge is 0.480 e. The predicted molar refractivity (Wildman–Crippen MR) is 90.1 cm³/mol. The molecular weight excluding hydrogens is 352 g/mol. The fraction of sp³-hybridized carbons (Fsp3) is 0.714. The summed E-state index contributed by atoms with van der Waals surface area (Å²) in [6.45, 7) is 0. The van der Waals surface area contributed by atoms with Gasteiger partial charge in [0, 0.05) is 0 Å². The molecule has 12 heteroatoms. The van der Waals surface area contributed by atoms with Crippen LogP contribution in [0.4, 0.5) is 0 Å². The van der Waals surface area contributed by atoms with Gasteiger partial charge in [-0.25, -0.2) is 0 Å².